The van der Waals surface area contributed by atoms with E-state index in [0.717, 1.165) is 24.8 Å². The Morgan fingerprint density at radius 3 is 2.14 bits per heavy atom. The summed E-state index contributed by atoms with van der Waals surface area (Å²) in [5.74, 6) is 0.396. The van der Waals surface area contributed by atoms with Gasteiger partial charge in [-0.1, -0.05) is 53.2 Å². The van der Waals surface area contributed by atoms with Crippen molar-refractivity contribution >= 4 is 10.0 Å². The quantitative estimate of drug-likeness (QED) is 0.832. The molecule has 3 nitrogen and oxygen atoms in total. The van der Waals surface area contributed by atoms with E-state index in [2.05, 4.69) is 40.7 Å². The summed E-state index contributed by atoms with van der Waals surface area (Å²) in [5.41, 5.74) is 1.94. The second kappa shape index (κ2) is 6.32. The van der Waals surface area contributed by atoms with Crippen LogP contribution in [0.25, 0.3) is 0 Å². The van der Waals surface area contributed by atoms with Crippen LogP contribution in [0.15, 0.2) is 23.1 Å². The molecule has 1 aliphatic heterocycles. The molecule has 1 saturated heterocycles. The van der Waals surface area contributed by atoms with Crippen LogP contribution < -0.4 is 0 Å². The van der Waals surface area contributed by atoms with E-state index in [4.69, 9.17) is 0 Å². The smallest absolute Gasteiger partial charge is 0.207 e. The lowest BCUT2D eigenvalue weighted by atomic mass is 9.85. The number of rotatable bonds is 3. The number of hydrogen-bond donors (Lipinski definition) is 0. The highest BCUT2D eigenvalue weighted by Crippen LogP contribution is 2.34. The van der Waals surface area contributed by atoms with Crippen LogP contribution in [0, 0.1) is 0 Å². The second-order valence-electron chi connectivity index (χ2n) is 7.63. The molecule has 0 aromatic heterocycles. The Morgan fingerprint density at radius 2 is 1.64 bits per heavy atom. The Morgan fingerprint density at radius 1 is 1.05 bits per heavy atom. The van der Waals surface area contributed by atoms with Crippen molar-refractivity contribution in [3.63, 3.8) is 0 Å². The third kappa shape index (κ3) is 3.54. The van der Waals surface area contributed by atoms with Gasteiger partial charge in [-0.3, -0.25) is 0 Å². The fourth-order valence-corrected chi connectivity index (χ4v) is 4.86. The Labute approximate surface area is 135 Å². The molecule has 0 aliphatic carbocycles. The van der Waals surface area contributed by atoms with Crippen LogP contribution >= 0.6 is 0 Å². The maximum Gasteiger partial charge on any atom is 0.243 e. The van der Waals surface area contributed by atoms with E-state index in [0.29, 0.717) is 23.9 Å². The summed E-state index contributed by atoms with van der Waals surface area (Å²) in [4.78, 5) is 0.492. The minimum atomic E-state index is -3.38. The van der Waals surface area contributed by atoms with Crippen molar-refractivity contribution in [1.29, 1.82) is 0 Å². The van der Waals surface area contributed by atoms with E-state index in [1.807, 2.05) is 12.1 Å². The van der Waals surface area contributed by atoms with Crippen molar-refractivity contribution in [2.24, 2.45) is 0 Å². The van der Waals surface area contributed by atoms with E-state index in [1.165, 1.54) is 5.56 Å². The zero-order valence-corrected chi connectivity index (χ0v) is 15.3. The summed E-state index contributed by atoms with van der Waals surface area (Å²) < 4.78 is 27.8. The van der Waals surface area contributed by atoms with Gasteiger partial charge in [0, 0.05) is 13.1 Å². The van der Waals surface area contributed by atoms with E-state index in [1.54, 1.807) is 4.31 Å². The summed E-state index contributed by atoms with van der Waals surface area (Å²) in [7, 11) is -3.38. The molecule has 124 valence electrons. The molecule has 1 aliphatic rings. The zero-order valence-electron chi connectivity index (χ0n) is 14.5. The van der Waals surface area contributed by atoms with Crippen molar-refractivity contribution in [3.05, 3.63) is 29.3 Å². The number of hydrogen-bond acceptors (Lipinski definition) is 2. The molecule has 0 bridgehead atoms. The lowest BCUT2D eigenvalue weighted by Crippen LogP contribution is -2.36. The fourth-order valence-electron chi connectivity index (χ4n) is 2.96. The molecule has 0 saturated carbocycles. The second-order valence-corrected chi connectivity index (χ2v) is 9.53. The van der Waals surface area contributed by atoms with E-state index in [9.17, 15) is 8.42 Å². The van der Waals surface area contributed by atoms with Crippen LogP contribution in [-0.4, -0.2) is 25.8 Å². The summed E-state index contributed by atoms with van der Waals surface area (Å²) >= 11 is 0. The monoisotopic (exact) mass is 323 g/mol. The number of piperidine rings is 1. The topological polar surface area (TPSA) is 37.4 Å². The highest BCUT2D eigenvalue weighted by Gasteiger charge is 2.31. The minimum Gasteiger partial charge on any atom is -0.207 e. The molecule has 0 radical (unpaired) electrons. The first kappa shape index (κ1) is 17.5. The minimum absolute atomic E-state index is 0.191. The van der Waals surface area contributed by atoms with Crippen molar-refractivity contribution in [2.45, 2.75) is 70.1 Å². The van der Waals surface area contributed by atoms with Crippen LogP contribution in [0.4, 0.5) is 0 Å². The molecular weight excluding hydrogens is 294 g/mol. The van der Waals surface area contributed by atoms with Crippen LogP contribution in [-0.2, 0) is 15.4 Å². The molecule has 0 atom stereocenters. The Balaban J connectivity index is 2.54. The fraction of sp³-hybridized carbons (Fsp3) is 0.667. The first-order valence-electron chi connectivity index (χ1n) is 8.28. The largest absolute Gasteiger partial charge is 0.243 e. The molecule has 4 heteroatoms. The van der Waals surface area contributed by atoms with Gasteiger partial charge in [0.15, 0.2) is 0 Å². The predicted octanol–water partition coefficient (Wildman–Crippen LogP) is 4.28. The molecule has 22 heavy (non-hydrogen) atoms. The normalized spacial score (nSPS) is 17.9. The summed E-state index contributed by atoms with van der Waals surface area (Å²) in [6, 6.07) is 5.87. The molecule has 2 rings (SSSR count). The molecule has 0 amide bonds. The van der Waals surface area contributed by atoms with E-state index in [-0.39, 0.29) is 5.41 Å². The Bertz CT molecular complexity index is 621. The molecule has 0 unspecified atom stereocenters. The maximum atomic E-state index is 13.1. The van der Waals surface area contributed by atoms with Gasteiger partial charge in [-0.25, -0.2) is 8.42 Å². The van der Waals surface area contributed by atoms with Gasteiger partial charge < -0.3 is 0 Å². The van der Waals surface area contributed by atoms with Gasteiger partial charge in [0.2, 0.25) is 10.0 Å². The molecule has 1 aromatic rings. The molecule has 0 spiro atoms. The van der Waals surface area contributed by atoms with Gasteiger partial charge >= 0.3 is 0 Å². The summed E-state index contributed by atoms with van der Waals surface area (Å²) in [6.45, 7) is 11.8. The average Bonchev–Trinajstić information content (AvgIpc) is 2.46. The van der Waals surface area contributed by atoms with Gasteiger partial charge in [-0.2, -0.15) is 4.31 Å². The third-order valence-electron chi connectivity index (χ3n) is 4.41. The summed E-state index contributed by atoms with van der Waals surface area (Å²) in [5, 5.41) is 0. The van der Waals surface area contributed by atoms with Crippen molar-refractivity contribution in [3.8, 4) is 0 Å². The maximum absolute atomic E-state index is 13.1. The lowest BCUT2D eigenvalue weighted by molar-refractivity contribution is 0.345. The summed E-state index contributed by atoms with van der Waals surface area (Å²) in [6.07, 6.45) is 3.06. The van der Waals surface area contributed by atoms with Crippen LogP contribution in [0.1, 0.15) is 70.9 Å². The Hall–Kier alpha value is -0.870. The van der Waals surface area contributed by atoms with Gasteiger partial charge in [0.05, 0.1) is 4.90 Å². The molecule has 1 heterocycles. The van der Waals surface area contributed by atoms with Crippen LogP contribution in [0.2, 0.25) is 0 Å². The van der Waals surface area contributed by atoms with Crippen LogP contribution in [0.5, 0.6) is 0 Å². The average molecular weight is 324 g/mol. The molecule has 1 aromatic carbocycles. The van der Waals surface area contributed by atoms with E-state index < -0.39 is 10.0 Å². The highest BCUT2D eigenvalue weighted by molar-refractivity contribution is 7.89. The third-order valence-corrected chi connectivity index (χ3v) is 6.37. The molecule has 0 N–H and O–H groups in total. The number of nitrogens with zero attached hydrogens (tertiary/aromatic N) is 1. The molecule has 1 fully saturated rings. The van der Waals surface area contributed by atoms with Gasteiger partial charge in [-0.05, 0) is 41.4 Å². The number of sulfonamides is 1. The van der Waals surface area contributed by atoms with E-state index >= 15 is 0 Å². The van der Waals surface area contributed by atoms with Crippen molar-refractivity contribution in [1.82, 2.24) is 4.31 Å². The van der Waals surface area contributed by atoms with Gasteiger partial charge in [0.25, 0.3) is 0 Å². The number of benzene rings is 1. The first-order chi connectivity index (χ1) is 10.1. The van der Waals surface area contributed by atoms with Crippen LogP contribution in [0.3, 0.4) is 0 Å². The predicted molar refractivity (Wildman–Crippen MR) is 91.8 cm³/mol. The van der Waals surface area contributed by atoms with Gasteiger partial charge in [0.1, 0.15) is 0 Å². The standard InChI is InChI=1S/C18H29NO2S/c1-14(2)15-9-10-17(16(13-15)18(3,4)5)22(20,21)19-11-7-6-8-12-19/h9-10,13-14H,6-8,11-12H2,1-5H3. The first-order valence-corrected chi connectivity index (χ1v) is 9.72. The Kier molecular flexibility index (Phi) is 5.03. The van der Waals surface area contributed by atoms with Crippen molar-refractivity contribution in [2.75, 3.05) is 13.1 Å². The zero-order chi connectivity index (χ0) is 16.5. The SMILES string of the molecule is CC(C)c1ccc(S(=O)(=O)N2CCCCC2)c(C(C)(C)C)c1. The highest BCUT2D eigenvalue weighted by atomic mass is 32.2. The van der Waals surface area contributed by atoms with Crippen molar-refractivity contribution < 1.29 is 8.42 Å². The molecular formula is C18H29NO2S. The lowest BCUT2D eigenvalue weighted by Gasteiger charge is -2.30. The van der Waals surface area contributed by atoms with Gasteiger partial charge in [-0.15, -0.1) is 0 Å².